The molecule has 0 saturated carbocycles. The summed E-state index contributed by atoms with van der Waals surface area (Å²) in [6.45, 7) is 2.64. The lowest BCUT2D eigenvalue weighted by atomic mass is 9.95. The molecule has 1 saturated heterocycles. The van der Waals surface area contributed by atoms with Gasteiger partial charge in [0.2, 0.25) is 11.8 Å². The fraction of sp³-hybridized carbons (Fsp3) is 0.375. The number of carbonyl (C=O) groups excluding carboxylic acids is 3. The van der Waals surface area contributed by atoms with Crippen LogP contribution in [-0.2, 0) is 35.6 Å². The minimum absolute atomic E-state index is 0.129. The summed E-state index contributed by atoms with van der Waals surface area (Å²) in [7, 11) is 0. The fourth-order valence-electron chi connectivity index (χ4n) is 5.05. The summed E-state index contributed by atoms with van der Waals surface area (Å²) in [5.41, 5.74) is 12.4. The highest BCUT2D eigenvalue weighted by atomic mass is 16.2. The third kappa shape index (κ3) is 3.49. The van der Waals surface area contributed by atoms with Crippen LogP contribution in [0.25, 0.3) is 0 Å². The Labute approximate surface area is 181 Å². The van der Waals surface area contributed by atoms with E-state index in [0.717, 1.165) is 37.1 Å². The molecule has 5 rings (SSSR count). The smallest absolute Gasteiger partial charge is 0.255 e. The van der Waals surface area contributed by atoms with Gasteiger partial charge in [0, 0.05) is 43.9 Å². The molecule has 3 aliphatic rings. The van der Waals surface area contributed by atoms with Crippen molar-refractivity contribution >= 4 is 23.4 Å². The molecule has 0 aliphatic carbocycles. The number of amides is 3. The number of piperidine rings is 1. The van der Waals surface area contributed by atoms with E-state index in [1.54, 1.807) is 4.90 Å². The summed E-state index contributed by atoms with van der Waals surface area (Å²) >= 11 is 0. The van der Waals surface area contributed by atoms with Gasteiger partial charge in [0.05, 0.1) is 0 Å². The van der Waals surface area contributed by atoms with Crippen LogP contribution in [0.3, 0.4) is 0 Å². The first kappa shape index (κ1) is 19.8. The largest absolute Gasteiger partial charge is 0.367 e. The van der Waals surface area contributed by atoms with Crippen LogP contribution in [0, 0.1) is 0 Å². The molecule has 31 heavy (non-hydrogen) atoms. The Kier molecular flexibility index (Phi) is 4.98. The molecule has 3 heterocycles. The average molecular weight is 418 g/mol. The predicted molar refractivity (Wildman–Crippen MR) is 116 cm³/mol. The number of nitrogens with one attached hydrogen (secondary N) is 1. The molecule has 1 fully saturated rings. The Bertz CT molecular complexity index is 1080. The molecule has 3 N–H and O–H groups in total. The Hall–Kier alpha value is -3.19. The van der Waals surface area contributed by atoms with Gasteiger partial charge in [0.1, 0.15) is 6.04 Å². The number of hydrogen-bond acceptors (Lipinski definition) is 5. The molecule has 1 unspecified atom stereocenters. The maximum Gasteiger partial charge on any atom is 0.255 e. The first-order chi connectivity index (χ1) is 15.0. The van der Waals surface area contributed by atoms with Gasteiger partial charge < -0.3 is 15.5 Å². The van der Waals surface area contributed by atoms with Crippen LogP contribution < -0.4 is 16.0 Å². The minimum atomic E-state index is -0.579. The molecule has 2 aromatic rings. The fourth-order valence-corrected chi connectivity index (χ4v) is 5.05. The van der Waals surface area contributed by atoms with E-state index < -0.39 is 6.04 Å². The lowest BCUT2D eigenvalue weighted by molar-refractivity contribution is -0.136. The van der Waals surface area contributed by atoms with Crippen LogP contribution in [0.4, 0.5) is 5.69 Å². The lowest BCUT2D eigenvalue weighted by Crippen LogP contribution is -2.52. The molecule has 3 aliphatic heterocycles. The summed E-state index contributed by atoms with van der Waals surface area (Å²) in [6, 6.07) is 11.8. The second kappa shape index (κ2) is 7.81. The van der Waals surface area contributed by atoms with Gasteiger partial charge in [-0.2, -0.15) is 0 Å². The molecule has 160 valence electrons. The van der Waals surface area contributed by atoms with Gasteiger partial charge in [-0.15, -0.1) is 0 Å². The number of anilines is 1. The van der Waals surface area contributed by atoms with Crippen molar-refractivity contribution < 1.29 is 14.4 Å². The van der Waals surface area contributed by atoms with Gasteiger partial charge in [-0.3, -0.25) is 19.7 Å². The van der Waals surface area contributed by atoms with Gasteiger partial charge in [0.15, 0.2) is 0 Å². The first-order valence-electron chi connectivity index (χ1n) is 10.9. The van der Waals surface area contributed by atoms with Crippen LogP contribution in [0.2, 0.25) is 0 Å². The Balaban J connectivity index is 1.37. The van der Waals surface area contributed by atoms with Crippen LogP contribution in [-0.4, -0.2) is 35.2 Å². The molecule has 2 aromatic carbocycles. The third-order valence-corrected chi connectivity index (χ3v) is 6.63. The molecular formula is C24H26N4O3. The molecule has 3 amide bonds. The molecular weight excluding hydrogens is 392 g/mol. The Morgan fingerprint density at radius 3 is 2.77 bits per heavy atom. The van der Waals surface area contributed by atoms with Crippen molar-refractivity contribution in [3.8, 4) is 0 Å². The summed E-state index contributed by atoms with van der Waals surface area (Å²) in [4.78, 5) is 40.7. The van der Waals surface area contributed by atoms with E-state index in [-0.39, 0.29) is 24.1 Å². The number of imide groups is 1. The molecule has 7 nitrogen and oxygen atoms in total. The number of rotatable bonds is 4. The van der Waals surface area contributed by atoms with Crippen LogP contribution in [0.1, 0.15) is 51.9 Å². The van der Waals surface area contributed by atoms with E-state index in [0.29, 0.717) is 25.1 Å². The number of nitrogens with zero attached hydrogens (tertiary/aromatic N) is 2. The first-order valence-corrected chi connectivity index (χ1v) is 10.9. The van der Waals surface area contributed by atoms with Gasteiger partial charge in [-0.05, 0) is 53.6 Å². The number of hydrogen-bond donors (Lipinski definition) is 2. The van der Waals surface area contributed by atoms with Gasteiger partial charge in [0.25, 0.3) is 5.91 Å². The van der Waals surface area contributed by atoms with Crippen molar-refractivity contribution in [2.75, 3.05) is 11.4 Å². The molecule has 0 spiro atoms. The van der Waals surface area contributed by atoms with Crippen molar-refractivity contribution in [1.29, 1.82) is 0 Å². The predicted octanol–water partition coefficient (Wildman–Crippen LogP) is 1.86. The van der Waals surface area contributed by atoms with Crippen LogP contribution >= 0.6 is 0 Å². The van der Waals surface area contributed by atoms with E-state index in [4.69, 9.17) is 5.73 Å². The van der Waals surface area contributed by atoms with E-state index in [1.807, 2.05) is 12.1 Å². The maximum atomic E-state index is 13.1. The van der Waals surface area contributed by atoms with Crippen LogP contribution in [0.15, 0.2) is 36.4 Å². The summed E-state index contributed by atoms with van der Waals surface area (Å²) < 4.78 is 0. The number of fused-ring (bicyclic) bond motifs is 2. The molecule has 0 bridgehead atoms. The highest BCUT2D eigenvalue weighted by Gasteiger charge is 2.39. The second-order valence-corrected chi connectivity index (χ2v) is 8.54. The van der Waals surface area contributed by atoms with Gasteiger partial charge in [-0.1, -0.05) is 24.3 Å². The summed E-state index contributed by atoms with van der Waals surface area (Å²) in [5.74, 6) is -0.777. The quantitative estimate of drug-likeness (QED) is 0.739. The molecule has 1 atom stereocenters. The highest BCUT2D eigenvalue weighted by Crippen LogP contribution is 2.32. The maximum absolute atomic E-state index is 13.1. The summed E-state index contributed by atoms with van der Waals surface area (Å²) in [6.07, 6.45) is 2.77. The Morgan fingerprint density at radius 1 is 1.10 bits per heavy atom. The standard InChI is InChI=1S/C24H26N4O3/c25-12-16-3-1-5-20-18(16)4-2-10-27(20)13-15-6-7-17-14-28(24(31)19(17)11-15)21-8-9-22(29)26-23(21)30/h1,3,5-7,11,21H,2,4,8-10,12-14,25H2,(H,26,29,30). The molecule has 0 aromatic heterocycles. The van der Waals surface area contributed by atoms with Crippen molar-refractivity contribution in [3.05, 3.63) is 64.2 Å². The van der Waals surface area contributed by atoms with Crippen molar-refractivity contribution in [3.63, 3.8) is 0 Å². The monoisotopic (exact) mass is 418 g/mol. The average Bonchev–Trinajstić information content (AvgIpc) is 3.09. The van der Waals surface area contributed by atoms with Crippen molar-refractivity contribution in [1.82, 2.24) is 10.2 Å². The van der Waals surface area contributed by atoms with Crippen molar-refractivity contribution in [2.24, 2.45) is 5.73 Å². The van der Waals surface area contributed by atoms with Gasteiger partial charge in [-0.25, -0.2) is 0 Å². The SMILES string of the molecule is NCc1cccc2c1CCCN2Cc1ccc2c(c1)C(=O)N(C1CCC(=O)NC1=O)C2. The van der Waals surface area contributed by atoms with E-state index in [2.05, 4.69) is 34.5 Å². The molecule has 0 radical (unpaired) electrons. The zero-order chi connectivity index (χ0) is 21.5. The van der Waals surface area contributed by atoms with Crippen LogP contribution in [0.5, 0.6) is 0 Å². The topological polar surface area (TPSA) is 95.7 Å². The number of carbonyl (C=O) groups is 3. The summed E-state index contributed by atoms with van der Waals surface area (Å²) in [5, 5.41) is 2.35. The third-order valence-electron chi connectivity index (χ3n) is 6.63. The second-order valence-electron chi connectivity index (χ2n) is 8.54. The Morgan fingerprint density at radius 2 is 1.97 bits per heavy atom. The minimum Gasteiger partial charge on any atom is -0.367 e. The lowest BCUT2D eigenvalue weighted by Gasteiger charge is -2.32. The number of benzene rings is 2. The zero-order valence-electron chi connectivity index (χ0n) is 17.4. The van der Waals surface area contributed by atoms with E-state index >= 15 is 0 Å². The number of nitrogens with two attached hydrogens (primary N) is 1. The van der Waals surface area contributed by atoms with E-state index in [9.17, 15) is 14.4 Å². The zero-order valence-corrected chi connectivity index (χ0v) is 17.4. The van der Waals surface area contributed by atoms with Gasteiger partial charge >= 0.3 is 0 Å². The van der Waals surface area contributed by atoms with E-state index in [1.165, 1.54) is 16.8 Å². The van der Waals surface area contributed by atoms with Crippen molar-refractivity contribution in [2.45, 2.75) is 51.4 Å². The highest BCUT2D eigenvalue weighted by molar-refractivity contribution is 6.05. The normalized spacial score (nSPS) is 20.5. The molecule has 7 heteroatoms.